The second-order valence-electron chi connectivity index (χ2n) is 8.03. The van der Waals surface area contributed by atoms with Crippen LogP contribution in [-0.2, 0) is 9.53 Å². The van der Waals surface area contributed by atoms with Gasteiger partial charge in [-0.3, -0.25) is 4.79 Å². The van der Waals surface area contributed by atoms with Crippen molar-refractivity contribution in [2.24, 2.45) is 23.2 Å². The molecule has 0 amide bonds. The summed E-state index contributed by atoms with van der Waals surface area (Å²) in [4.78, 5) is 12.1. The third kappa shape index (κ3) is 2.89. The molecule has 2 saturated carbocycles. The molecule has 0 aromatic carbocycles. The maximum absolute atomic E-state index is 12.1. The van der Waals surface area contributed by atoms with Crippen LogP contribution >= 0.6 is 0 Å². The van der Waals surface area contributed by atoms with Gasteiger partial charge in [0, 0.05) is 5.41 Å². The summed E-state index contributed by atoms with van der Waals surface area (Å²) in [6.07, 6.45) is 8.96. The summed E-state index contributed by atoms with van der Waals surface area (Å²) in [5.41, 5.74) is -0.150. The second kappa shape index (κ2) is 5.69. The Hall–Kier alpha value is -0.530. The van der Waals surface area contributed by atoms with Gasteiger partial charge in [0.05, 0.1) is 5.92 Å². The Balaban J connectivity index is 2.18. The molecule has 2 nitrogen and oxygen atoms in total. The highest BCUT2D eigenvalue weighted by Gasteiger charge is 2.51. The molecule has 3 unspecified atom stereocenters. The van der Waals surface area contributed by atoms with Crippen molar-refractivity contribution < 1.29 is 9.53 Å². The van der Waals surface area contributed by atoms with Gasteiger partial charge >= 0.3 is 5.97 Å². The number of fused-ring (bicyclic) bond motifs is 2. The van der Waals surface area contributed by atoms with Crippen LogP contribution in [0.15, 0.2) is 0 Å². The number of hydrogen-bond acceptors (Lipinski definition) is 2. The topological polar surface area (TPSA) is 26.3 Å². The van der Waals surface area contributed by atoms with Gasteiger partial charge in [0.25, 0.3) is 0 Å². The molecule has 2 aliphatic rings. The Morgan fingerprint density at radius 2 is 1.85 bits per heavy atom. The van der Waals surface area contributed by atoms with E-state index in [0.29, 0.717) is 0 Å². The van der Waals surface area contributed by atoms with Crippen molar-refractivity contribution in [3.63, 3.8) is 0 Å². The molecule has 2 aliphatic carbocycles. The van der Waals surface area contributed by atoms with Crippen LogP contribution in [0.1, 0.15) is 79.6 Å². The molecule has 20 heavy (non-hydrogen) atoms. The van der Waals surface area contributed by atoms with Gasteiger partial charge in [-0.25, -0.2) is 0 Å². The highest BCUT2D eigenvalue weighted by molar-refractivity contribution is 5.72. The monoisotopic (exact) mass is 280 g/mol. The molecule has 2 bridgehead atoms. The highest BCUT2D eigenvalue weighted by atomic mass is 16.6. The van der Waals surface area contributed by atoms with Gasteiger partial charge in [-0.1, -0.05) is 47.0 Å². The van der Waals surface area contributed by atoms with E-state index in [1.807, 2.05) is 13.8 Å². The van der Waals surface area contributed by atoms with Crippen LogP contribution < -0.4 is 0 Å². The second-order valence-corrected chi connectivity index (χ2v) is 8.03. The Bertz CT molecular complexity index is 348. The van der Waals surface area contributed by atoms with E-state index in [-0.39, 0.29) is 22.9 Å². The predicted octanol–water partition coefficient (Wildman–Crippen LogP) is 4.96. The van der Waals surface area contributed by atoms with Gasteiger partial charge in [0.1, 0.15) is 5.60 Å². The van der Waals surface area contributed by atoms with Crippen LogP contribution in [0.3, 0.4) is 0 Å². The van der Waals surface area contributed by atoms with Crippen LogP contribution in [0.25, 0.3) is 0 Å². The largest absolute Gasteiger partial charge is 0.459 e. The molecular formula is C18H32O2. The molecule has 2 rings (SSSR count). The number of esters is 1. The fourth-order valence-electron chi connectivity index (χ4n) is 4.52. The Kier molecular flexibility index (Phi) is 4.51. The van der Waals surface area contributed by atoms with Gasteiger partial charge in [-0.2, -0.15) is 0 Å². The van der Waals surface area contributed by atoms with Gasteiger partial charge in [-0.05, 0) is 44.4 Å². The maximum Gasteiger partial charge on any atom is 0.308 e. The first-order valence-corrected chi connectivity index (χ1v) is 8.52. The number of rotatable bonds is 4. The Morgan fingerprint density at radius 1 is 1.30 bits per heavy atom. The van der Waals surface area contributed by atoms with Crippen LogP contribution in [0.2, 0.25) is 0 Å². The molecule has 3 atom stereocenters. The minimum Gasteiger partial charge on any atom is -0.459 e. The fraction of sp³-hybridized carbons (Fsp3) is 0.944. The van der Waals surface area contributed by atoms with Gasteiger partial charge in [-0.15, -0.1) is 0 Å². The average Bonchev–Trinajstić information content (AvgIpc) is 2.37. The molecule has 2 heteroatoms. The zero-order valence-electron chi connectivity index (χ0n) is 14.0. The summed E-state index contributed by atoms with van der Waals surface area (Å²) < 4.78 is 6.02. The van der Waals surface area contributed by atoms with E-state index >= 15 is 0 Å². The van der Waals surface area contributed by atoms with E-state index in [1.165, 1.54) is 38.5 Å². The first kappa shape index (κ1) is 15.9. The highest BCUT2D eigenvalue weighted by Crippen LogP contribution is 2.55. The summed E-state index contributed by atoms with van der Waals surface area (Å²) in [5.74, 6) is 1.64. The fourth-order valence-corrected chi connectivity index (χ4v) is 4.52. The number of carbonyl (C=O) groups is 1. The average molecular weight is 280 g/mol. The quantitative estimate of drug-likeness (QED) is 0.680. The third-order valence-electron chi connectivity index (χ3n) is 6.12. The van der Waals surface area contributed by atoms with Crippen molar-refractivity contribution in [1.82, 2.24) is 0 Å². The summed E-state index contributed by atoms with van der Waals surface area (Å²) in [5, 5.41) is 0. The van der Waals surface area contributed by atoms with Crippen LogP contribution in [0.5, 0.6) is 0 Å². The normalized spacial score (nSPS) is 36.5. The van der Waals surface area contributed by atoms with E-state index < -0.39 is 0 Å². The van der Waals surface area contributed by atoms with Crippen molar-refractivity contribution in [2.75, 3.05) is 0 Å². The van der Waals surface area contributed by atoms with E-state index in [0.717, 1.165) is 18.3 Å². The van der Waals surface area contributed by atoms with Crippen LogP contribution in [-0.4, -0.2) is 11.6 Å². The van der Waals surface area contributed by atoms with Gasteiger partial charge in [0.2, 0.25) is 0 Å². The lowest BCUT2D eigenvalue weighted by Gasteiger charge is -2.53. The molecule has 0 saturated heterocycles. The summed E-state index contributed by atoms with van der Waals surface area (Å²) in [6, 6.07) is 0. The third-order valence-corrected chi connectivity index (χ3v) is 6.12. The molecule has 0 aromatic heterocycles. The molecule has 0 spiro atoms. The molecule has 0 aromatic rings. The molecule has 116 valence electrons. The molecule has 0 radical (unpaired) electrons. The van der Waals surface area contributed by atoms with E-state index in [9.17, 15) is 4.79 Å². The predicted molar refractivity (Wildman–Crippen MR) is 82.4 cm³/mol. The minimum absolute atomic E-state index is 0.0347. The first-order chi connectivity index (χ1) is 9.29. The lowest BCUT2D eigenvalue weighted by Crippen LogP contribution is -2.52. The minimum atomic E-state index is -0.303. The molecule has 0 N–H and O–H groups in total. The zero-order valence-corrected chi connectivity index (χ0v) is 14.0. The lowest BCUT2D eigenvalue weighted by molar-refractivity contribution is -0.186. The smallest absolute Gasteiger partial charge is 0.308 e. The van der Waals surface area contributed by atoms with Crippen LogP contribution in [0.4, 0.5) is 0 Å². The van der Waals surface area contributed by atoms with Crippen molar-refractivity contribution >= 4 is 5.97 Å². The number of ether oxygens (including phenoxy) is 1. The molecule has 0 aliphatic heterocycles. The van der Waals surface area contributed by atoms with Crippen LogP contribution in [0, 0.1) is 23.2 Å². The van der Waals surface area contributed by atoms with Crippen molar-refractivity contribution in [2.45, 2.75) is 85.2 Å². The summed E-state index contributed by atoms with van der Waals surface area (Å²) in [7, 11) is 0. The number of hydrogen-bond donors (Lipinski definition) is 0. The van der Waals surface area contributed by atoms with E-state index in [4.69, 9.17) is 4.74 Å². The van der Waals surface area contributed by atoms with Crippen molar-refractivity contribution in [1.29, 1.82) is 0 Å². The van der Waals surface area contributed by atoms with Gasteiger partial charge < -0.3 is 4.74 Å². The van der Waals surface area contributed by atoms with E-state index in [2.05, 4.69) is 20.8 Å². The Labute approximate surface area is 124 Å². The van der Waals surface area contributed by atoms with E-state index in [1.54, 1.807) is 0 Å². The molecular weight excluding hydrogens is 248 g/mol. The lowest BCUT2D eigenvalue weighted by atomic mass is 9.55. The standard InChI is InChI=1S/C18H32O2/c1-6-18(5,20-16(19)13(2)3)17(4)11-14-8-7-9-15(10-14)12-17/h13-15H,6-12H2,1-5H3. The summed E-state index contributed by atoms with van der Waals surface area (Å²) in [6.45, 7) is 10.6. The maximum atomic E-state index is 12.1. The molecule has 0 heterocycles. The van der Waals surface area contributed by atoms with Crippen molar-refractivity contribution in [3.05, 3.63) is 0 Å². The van der Waals surface area contributed by atoms with Gasteiger partial charge in [0.15, 0.2) is 0 Å². The summed E-state index contributed by atoms with van der Waals surface area (Å²) >= 11 is 0. The SMILES string of the molecule is CCC(C)(OC(=O)C(C)C)C1(C)CC2CCCC(C2)C1. The first-order valence-electron chi connectivity index (χ1n) is 8.52. The Morgan fingerprint density at radius 3 is 2.30 bits per heavy atom. The zero-order chi connectivity index (χ0) is 15.0. The number of carbonyl (C=O) groups excluding carboxylic acids is 1. The van der Waals surface area contributed by atoms with Crippen molar-refractivity contribution in [3.8, 4) is 0 Å². The molecule has 2 fully saturated rings.